The minimum atomic E-state index is -2.45. The SMILES string of the molecule is [2H]C1=C(C2CC[C@]3(O)[C@@H]4CC[C@@H]5C[C@@H](O[C@@H]6C[C@H](O)[C@@H](O[C@H]7C[C@H](O)[C@@H](O[C@H]8C[C@H](O)[C@@H](O)[C@@H](C)O8)[C@@H](C)O7)[C@@H](C)O6)CC[C@]5(C)[C@H]4C[C@@H](O)[C@]23C)C([2H])([2H])OC1=O. The Kier molecular flexibility index (Phi) is 10.1. The van der Waals surface area contributed by atoms with Crippen molar-refractivity contribution < 1.29 is 72.7 Å². The molecule has 4 heterocycles. The molecule has 1 unspecified atom stereocenters. The lowest BCUT2D eigenvalue weighted by molar-refractivity contribution is -0.336. The number of esters is 1. The lowest BCUT2D eigenvalue weighted by atomic mass is 9.42. The van der Waals surface area contributed by atoms with Gasteiger partial charge < -0.3 is 63.8 Å². The van der Waals surface area contributed by atoms with E-state index in [4.69, 9.17) is 37.3 Å². The van der Waals surface area contributed by atoms with Crippen LogP contribution in [0.5, 0.6) is 0 Å². The summed E-state index contributed by atoms with van der Waals surface area (Å²) in [5.74, 6) is -1.57. The van der Waals surface area contributed by atoms with Gasteiger partial charge in [-0.05, 0) is 107 Å². The molecular formula is C41H64O14. The molecule has 3 saturated heterocycles. The van der Waals surface area contributed by atoms with Crippen molar-refractivity contribution in [2.75, 3.05) is 6.56 Å². The minimum absolute atomic E-state index is 0.0173. The molecule has 0 spiro atoms. The van der Waals surface area contributed by atoms with Gasteiger partial charge in [0.25, 0.3) is 0 Å². The summed E-state index contributed by atoms with van der Waals surface area (Å²) in [7, 11) is 0. The van der Waals surface area contributed by atoms with Crippen LogP contribution in [0.1, 0.15) is 109 Å². The van der Waals surface area contributed by atoms with Crippen LogP contribution in [-0.4, -0.2) is 135 Å². The zero-order valence-corrected chi connectivity index (χ0v) is 32.6. The van der Waals surface area contributed by atoms with E-state index in [0.717, 1.165) is 32.1 Å². The maximum atomic E-state index is 12.6. The Morgan fingerprint density at radius 3 is 1.93 bits per heavy atom. The number of carbonyl (C=O) groups is 1. The van der Waals surface area contributed by atoms with E-state index >= 15 is 0 Å². The first-order valence-electron chi connectivity index (χ1n) is 22.2. The van der Waals surface area contributed by atoms with Crippen LogP contribution in [0.25, 0.3) is 0 Å². The Morgan fingerprint density at radius 1 is 0.745 bits per heavy atom. The fourth-order valence-corrected chi connectivity index (χ4v) is 12.5. The summed E-state index contributed by atoms with van der Waals surface area (Å²) in [6.45, 7) is 6.83. The molecule has 0 aromatic heterocycles. The molecule has 21 atom stereocenters. The van der Waals surface area contributed by atoms with E-state index in [-0.39, 0.29) is 54.1 Å². The topological polar surface area (TPSA) is 203 Å². The van der Waals surface area contributed by atoms with Gasteiger partial charge in [0.05, 0.1) is 58.5 Å². The molecule has 4 aliphatic heterocycles. The summed E-state index contributed by atoms with van der Waals surface area (Å²) in [4.78, 5) is 12.3. The summed E-state index contributed by atoms with van der Waals surface area (Å²) >= 11 is 0. The van der Waals surface area contributed by atoms with Gasteiger partial charge in [-0.15, -0.1) is 0 Å². The van der Waals surface area contributed by atoms with Crippen molar-refractivity contribution in [3.05, 3.63) is 11.6 Å². The maximum Gasteiger partial charge on any atom is 0.331 e. The summed E-state index contributed by atoms with van der Waals surface area (Å²) < 4.78 is 66.8. The molecular weight excluding hydrogens is 716 g/mol. The van der Waals surface area contributed by atoms with E-state index in [2.05, 4.69) is 6.92 Å². The number of ether oxygens (including phenoxy) is 7. The highest BCUT2D eigenvalue weighted by molar-refractivity contribution is 5.85. The average molecular weight is 784 g/mol. The molecule has 0 bridgehead atoms. The Labute approximate surface area is 328 Å². The van der Waals surface area contributed by atoms with Crippen LogP contribution < -0.4 is 0 Å². The van der Waals surface area contributed by atoms with Gasteiger partial charge in [-0.1, -0.05) is 13.8 Å². The average Bonchev–Trinajstić information content (AvgIpc) is 3.53. The van der Waals surface area contributed by atoms with Crippen LogP contribution in [0, 0.1) is 34.5 Å². The molecule has 0 aromatic carbocycles. The second kappa shape index (κ2) is 15.1. The van der Waals surface area contributed by atoms with E-state index < -0.39 is 115 Å². The van der Waals surface area contributed by atoms with E-state index in [0.29, 0.717) is 19.3 Å². The standard InChI is InChI=1S/C41H64O14/c1-19-36(47)28(42)15-34(50-19)54-38-21(3)52-35(17-30(38)44)55-37-20(2)51-33(16-29(37)43)53-24-8-10-39(4)23(13-24)6-7-26-27(39)14-31(45)40(5)25(9-11-41(26,40)48)22-12-32(46)49-18-22/h12,19-21,23-31,33-38,42-45,47-48H,6-11,13-18H2,1-5H3/t19-,20-,21-,23-,24+,25?,26-,27+,28+,29+,30+,31-,33-,34+,35+,36+,37+,38+,39+,40+,41+/m1/s1/i12D,18D2. The number of aliphatic hydroxyl groups is 6. The van der Waals surface area contributed by atoms with Crippen molar-refractivity contribution in [1.82, 2.24) is 0 Å². The number of carbonyl (C=O) groups excluding carboxylic acids is 1. The van der Waals surface area contributed by atoms with Gasteiger partial charge >= 0.3 is 5.97 Å². The number of hydrogen-bond donors (Lipinski definition) is 6. The van der Waals surface area contributed by atoms with Gasteiger partial charge in [-0.3, -0.25) is 0 Å². The van der Waals surface area contributed by atoms with Crippen LogP contribution in [0.2, 0.25) is 0 Å². The van der Waals surface area contributed by atoms with Crippen LogP contribution in [0.15, 0.2) is 11.6 Å². The van der Waals surface area contributed by atoms with Crippen molar-refractivity contribution in [1.29, 1.82) is 0 Å². The molecule has 7 fully saturated rings. The predicted octanol–water partition coefficient (Wildman–Crippen LogP) is 2.22. The fraction of sp³-hybridized carbons (Fsp3) is 0.927. The normalized spacial score (nSPS) is 57.4. The Bertz CT molecular complexity index is 1550. The summed E-state index contributed by atoms with van der Waals surface area (Å²) in [6, 6.07) is -0.505. The number of cyclic esters (lactones) is 1. The third-order valence-corrected chi connectivity index (χ3v) is 15.7. The fourth-order valence-electron chi connectivity index (χ4n) is 12.5. The first kappa shape index (κ1) is 36.8. The van der Waals surface area contributed by atoms with E-state index in [1.807, 2.05) is 13.8 Å². The van der Waals surface area contributed by atoms with Gasteiger partial charge in [-0.25, -0.2) is 4.79 Å². The number of rotatable bonds is 7. The van der Waals surface area contributed by atoms with Crippen molar-refractivity contribution in [3.63, 3.8) is 0 Å². The van der Waals surface area contributed by atoms with Gasteiger partial charge in [0, 0.05) is 30.7 Å². The molecule has 14 nitrogen and oxygen atoms in total. The Hall–Kier alpha value is -1.27. The molecule has 8 aliphatic rings. The highest BCUT2D eigenvalue weighted by Gasteiger charge is 2.71. The summed E-state index contributed by atoms with van der Waals surface area (Å²) in [5, 5.41) is 67.1. The Balaban J connectivity index is 0.852. The molecule has 0 radical (unpaired) electrons. The zero-order valence-electron chi connectivity index (χ0n) is 35.6. The van der Waals surface area contributed by atoms with Gasteiger partial charge in [0.2, 0.25) is 0 Å². The highest BCUT2D eigenvalue weighted by atomic mass is 16.7. The van der Waals surface area contributed by atoms with Crippen molar-refractivity contribution in [2.24, 2.45) is 34.5 Å². The smallest absolute Gasteiger partial charge is 0.331 e. The number of hydrogen-bond acceptors (Lipinski definition) is 14. The second-order valence-electron chi connectivity index (χ2n) is 18.5. The lowest BCUT2D eigenvalue weighted by Crippen LogP contribution is -2.67. The third kappa shape index (κ3) is 6.95. The molecule has 4 saturated carbocycles. The van der Waals surface area contributed by atoms with Crippen LogP contribution in [-0.2, 0) is 38.0 Å². The second-order valence-corrected chi connectivity index (χ2v) is 18.5. The third-order valence-electron chi connectivity index (χ3n) is 15.7. The molecule has 0 aromatic rings. The first-order chi connectivity index (χ1) is 27.2. The molecule has 8 rings (SSSR count). The lowest BCUT2D eigenvalue weighted by Gasteiger charge is -2.65. The molecule has 55 heavy (non-hydrogen) atoms. The van der Waals surface area contributed by atoms with Crippen LogP contribution in [0.4, 0.5) is 0 Å². The molecule has 312 valence electrons. The zero-order chi connectivity index (χ0) is 41.9. The predicted molar refractivity (Wildman–Crippen MR) is 193 cm³/mol. The summed E-state index contributed by atoms with van der Waals surface area (Å²) in [5.41, 5.74) is -2.69. The van der Waals surface area contributed by atoms with E-state index in [9.17, 15) is 35.4 Å². The number of fused-ring (bicyclic) bond motifs is 5. The molecule has 0 amide bonds. The van der Waals surface area contributed by atoms with E-state index in [1.54, 1.807) is 13.8 Å². The van der Waals surface area contributed by atoms with Crippen LogP contribution in [0.3, 0.4) is 0 Å². The van der Waals surface area contributed by atoms with Crippen molar-refractivity contribution >= 4 is 5.97 Å². The summed E-state index contributed by atoms with van der Waals surface area (Å²) in [6.07, 6.45) is -5.23. The van der Waals surface area contributed by atoms with Gasteiger partial charge in [-0.2, -0.15) is 0 Å². The monoisotopic (exact) mass is 783 g/mol. The molecule has 4 aliphatic carbocycles. The first-order valence-corrected chi connectivity index (χ1v) is 20.7. The van der Waals surface area contributed by atoms with Crippen molar-refractivity contribution in [2.45, 2.75) is 197 Å². The van der Waals surface area contributed by atoms with Crippen molar-refractivity contribution in [3.8, 4) is 0 Å². The van der Waals surface area contributed by atoms with Gasteiger partial charge in [0.15, 0.2) is 18.9 Å². The van der Waals surface area contributed by atoms with Gasteiger partial charge in [0.1, 0.15) is 24.9 Å². The quantitative estimate of drug-likeness (QED) is 0.162. The number of aliphatic hydroxyl groups excluding tert-OH is 5. The highest BCUT2D eigenvalue weighted by Crippen LogP contribution is 2.70. The minimum Gasteiger partial charge on any atom is -0.458 e. The largest absolute Gasteiger partial charge is 0.458 e. The Morgan fingerprint density at radius 2 is 1.35 bits per heavy atom. The molecule has 6 N–H and O–H groups in total. The van der Waals surface area contributed by atoms with E-state index in [1.165, 1.54) is 0 Å². The van der Waals surface area contributed by atoms with Crippen LogP contribution >= 0.6 is 0 Å². The molecule has 14 heteroatoms. The maximum absolute atomic E-state index is 12.6.